The van der Waals surface area contributed by atoms with Gasteiger partial charge in [0.1, 0.15) is 0 Å². The molecule has 0 aromatic rings. The molecule has 0 bridgehead atoms. The highest BCUT2D eigenvalue weighted by Crippen LogP contribution is 2.20. The highest BCUT2D eigenvalue weighted by molar-refractivity contribution is 5.28. The fourth-order valence-electron chi connectivity index (χ4n) is 1.65. The van der Waals surface area contributed by atoms with Crippen LogP contribution < -0.4 is 0 Å². The standard InChI is InChI=1S/C12H20/c1-3-4-5-6-7-12-9-8-11(2)10-12/h8-11H,3-7H2,1-2H3. The predicted molar refractivity (Wildman–Crippen MR) is 55.1 cm³/mol. The Bertz CT molecular complexity index is 174. The lowest BCUT2D eigenvalue weighted by atomic mass is 10.1. The van der Waals surface area contributed by atoms with Gasteiger partial charge in [0.25, 0.3) is 0 Å². The molecule has 0 radical (unpaired) electrons. The van der Waals surface area contributed by atoms with Crippen LogP contribution in [0.5, 0.6) is 0 Å². The molecule has 0 aromatic carbocycles. The fraction of sp³-hybridized carbons (Fsp3) is 0.667. The van der Waals surface area contributed by atoms with Crippen molar-refractivity contribution in [3.8, 4) is 0 Å². The van der Waals surface area contributed by atoms with Crippen LogP contribution in [-0.4, -0.2) is 0 Å². The molecule has 0 aromatic heterocycles. The van der Waals surface area contributed by atoms with E-state index in [1.54, 1.807) is 5.57 Å². The largest absolute Gasteiger partial charge is 0.0776 e. The van der Waals surface area contributed by atoms with E-state index in [1.807, 2.05) is 0 Å². The molecule has 12 heavy (non-hydrogen) atoms. The molecule has 0 N–H and O–H groups in total. The van der Waals surface area contributed by atoms with Crippen molar-refractivity contribution in [1.82, 2.24) is 0 Å². The van der Waals surface area contributed by atoms with Crippen molar-refractivity contribution < 1.29 is 0 Å². The summed E-state index contributed by atoms with van der Waals surface area (Å²) in [5, 5.41) is 0. The van der Waals surface area contributed by atoms with Crippen LogP contribution in [0.1, 0.15) is 46.0 Å². The molecular weight excluding hydrogens is 144 g/mol. The first-order chi connectivity index (χ1) is 5.83. The number of allylic oxidation sites excluding steroid dienone is 4. The third-order valence-electron chi connectivity index (χ3n) is 2.41. The molecule has 0 heterocycles. The van der Waals surface area contributed by atoms with Crippen LogP contribution >= 0.6 is 0 Å². The second-order valence-corrected chi connectivity index (χ2v) is 3.77. The summed E-state index contributed by atoms with van der Waals surface area (Å²) in [7, 11) is 0. The molecule has 0 heteroatoms. The Labute approximate surface area is 76.4 Å². The topological polar surface area (TPSA) is 0 Å². The van der Waals surface area contributed by atoms with Gasteiger partial charge in [0, 0.05) is 0 Å². The molecule has 1 aliphatic rings. The molecule has 1 rings (SSSR count). The van der Waals surface area contributed by atoms with E-state index in [2.05, 4.69) is 32.1 Å². The van der Waals surface area contributed by atoms with Crippen molar-refractivity contribution in [3.63, 3.8) is 0 Å². The second-order valence-electron chi connectivity index (χ2n) is 3.77. The van der Waals surface area contributed by atoms with E-state index in [0.29, 0.717) is 5.92 Å². The van der Waals surface area contributed by atoms with Crippen LogP contribution in [0.4, 0.5) is 0 Å². The third-order valence-corrected chi connectivity index (χ3v) is 2.41. The zero-order valence-electron chi connectivity index (χ0n) is 8.34. The van der Waals surface area contributed by atoms with E-state index in [1.165, 1.54) is 32.1 Å². The van der Waals surface area contributed by atoms with E-state index in [-0.39, 0.29) is 0 Å². The highest BCUT2D eigenvalue weighted by atomic mass is 14.1. The van der Waals surface area contributed by atoms with Crippen molar-refractivity contribution in [1.29, 1.82) is 0 Å². The van der Waals surface area contributed by atoms with Crippen molar-refractivity contribution >= 4 is 0 Å². The van der Waals surface area contributed by atoms with Crippen molar-refractivity contribution in [2.75, 3.05) is 0 Å². The van der Waals surface area contributed by atoms with Gasteiger partial charge in [0.05, 0.1) is 0 Å². The fourth-order valence-corrected chi connectivity index (χ4v) is 1.65. The van der Waals surface area contributed by atoms with Gasteiger partial charge in [-0.05, 0) is 18.8 Å². The summed E-state index contributed by atoms with van der Waals surface area (Å²) >= 11 is 0. The average molecular weight is 164 g/mol. The minimum Gasteiger partial charge on any atom is -0.0776 e. The van der Waals surface area contributed by atoms with Gasteiger partial charge in [-0.1, -0.05) is 56.9 Å². The number of hydrogen-bond donors (Lipinski definition) is 0. The lowest BCUT2D eigenvalue weighted by Gasteiger charge is -1.98. The van der Waals surface area contributed by atoms with Gasteiger partial charge < -0.3 is 0 Å². The van der Waals surface area contributed by atoms with Crippen molar-refractivity contribution in [2.45, 2.75) is 46.0 Å². The number of rotatable bonds is 5. The van der Waals surface area contributed by atoms with Gasteiger partial charge >= 0.3 is 0 Å². The molecule has 0 nitrogen and oxygen atoms in total. The molecule has 0 saturated heterocycles. The maximum atomic E-state index is 2.38. The minimum absolute atomic E-state index is 0.686. The van der Waals surface area contributed by atoms with Crippen molar-refractivity contribution in [3.05, 3.63) is 23.8 Å². The second kappa shape index (κ2) is 5.18. The van der Waals surface area contributed by atoms with Gasteiger partial charge in [0.2, 0.25) is 0 Å². The lowest BCUT2D eigenvalue weighted by molar-refractivity contribution is 0.668. The molecule has 1 unspecified atom stereocenters. The van der Waals surface area contributed by atoms with Crippen molar-refractivity contribution in [2.24, 2.45) is 5.92 Å². The van der Waals surface area contributed by atoms with Crippen LogP contribution in [0.3, 0.4) is 0 Å². The summed E-state index contributed by atoms with van der Waals surface area (Å²) in [6.07, 6.45) is 13.8. The van der Waals surface area contributed by atoms with Gasteiger partial charge in [-0.2, -0.15) is 0 Å². The molecule has 1 aliphatic carbocycles. The van der Waals surface area contributed by atoms with E-state index in [4.69, 9.17) is 0 Å². The smallest absolute Gasteiger partial charge is 0.00728 e. The molecule has 68 valence electrons. The maximum Gasteiger partial charge on any atom is -0.00728 e. The summed E-state index contributed by atoms with van der Waals surface area (Å²) in [5.74, 6) is 0.686. The van der Waals surface area contributed by atoms with Crippen LogP contribution in [0.25, 0.3) is 0 Å². The minimum atomic E-state index is 0.686. The molecule has 0 amide bonds. The summed E-state index contributed by atoms with van der Waals surface area (Å²) in [5.41, 5.74) is 1.55. The van der Waals surface area contributed by atoms with Crippen LogP contribution in [-0.2, 0) is 0 Å². The Hall–Kier alpha value is -0.520. The van der Waals surface area contributed by atoms with Gasteiger partial charge in [-0.15, -0.1) is 0 Å². The van der Waals surface area contributed by atoms with Crippen LogP contribution in [0.2, 0.25) is 0 Å². The van der Waals surface area contributed by atoms with E-state index in [0.717, 1.165) is 0 Å². The maximum absolute atomic E-state index is 2.38. The summed E-state index contributed by atoms with van der Waals surface area (Å²) < 4.78 is 0. The molecule has 0 aliphatic heterocycles. The van der Waals surface area contributed by atoms with E-state index < -0.39 is 0 Å². The van der Waals surface area contributed by atoms with Gasteiger partial charge in [-0.3, -0.25) is 0 Å². The zero-order chi connectivity index (χ0) is 8.81. The monoisotopic (exact) mass is 164 g/mol. The quantitative estimate of drug-likeness (QED) is 0.537. The Kier molecular flexibility index (Phi) is 4.13. The summed E-state index contributed by atoms with van der Waals surface area (Å²) in [6.45, 7) is 4.51. The Morgan fingerprint density at radius 1 is 1.25 bits per heavy atom. The van der Waals surface area contributed by atoms with Crippen LogP contribution in [0.15, 0.2) is 23.8 Å². The lowest BCUT2D eigenvalue weighted by Crippen LogP contribution is -1.80. The molecule has 1 atom stereocenters. The van der Waals surface area contributed by atoms with Crippen LogP contribution in [0, 0.1) is 5.92 Å². The first kappa shape index (κ1) is 9.57. The molecule has 0 saturated carbocycles. The van der Waals surface area contributed by atoms with Gasteiger partial charge in [0.15, 0.2) is 0 Å². The molecular formula is C12H20. The summed E-state index contributed by atoms with van der Waals surface area (Å²) in [4.78, 5) is 0. The number of unbranched alkanes of at least 4 members (excludes halogenated alkanes) is 3. The Morgan fingerprint density at radius 3 is 2.67 bits per heavy atom. The Morgan fingerprint density at radius 2 is 2.08 bits per heavy atom. The zero-order valence-corrected chi connectivity index (χ0v) is 8.34. The highest BCUT2D eigenvalue weighted by Gasteiger charge is 2.02. The number of hydrogen-bond acceptors (Lipinski definition) is 0. The molecule has 0 fully saturated rings. The van der Waals surface area contributed by atoms with E-state index >= 15 is 0 Å². The molecule has 0 spiro atoms. The first-order valence-corrected chi connectivity index (χ1v) is 5.22. The normalized spacial score (nSPS) is 21.5. The SMILES string of the molecule is CCCCCCC1=CC(C)C=C1. The van der Waals surface area contributed by atoms with E-state index in [9.17, 15) is 0 Å². The average Bonchev–Trinajstić information content (AvgIpc) is 2.45. The van der Waals surface area contributed by atoms with Gasteiger partial charge in [-0.25, -0.2) is 0 Å². The third kappa shape index (κ3) is 3.25. The Balaban J connectivity index is 2.08. The summed E-state index contributed by atoms with van der Waals surface area (Å²) in [6, 6.07) is 0. The predicted octanol–water partition coefficient (Wildman–Crippen LogP) is 4.09. The first-order valence-electron chi connectivity index (χ1n) is 5.22.